The summed E-state index contributed by atoms with van der Waals surface area (Å²) in [4.78, 5) is 11.2. The van der Waals surface area contributed by atoms with Gasteiger partial charge in [0.15, 0.2) is 0 Å². The van der Waals surface area contributed by atoms with Crippen LogP contribution in [-0.4, -0.2) is 11.9 Å². The smallest absolute Gasteiger partial charge is 0.220 e. The molecule has 0 saturated heterocycles. The van der Waals surface area contributed by atoms with E-state index in [1.165, 1.54) is 0 Å². The maximum atomic E-state index is 11.2. The minimum absolute atomic E-state index is 0.0235. The van der Waals surface area contributed by atoms with Gasteiger partial charge in [0.25, 0.3) is 0 Å². The van der Waals surface area contributed by atoms with Gasteiger partial charge in [-0.2, -0.15) is 5.26 Å². The van der Waals surface area contributed by atoms with Gasteiger partial charge in [0.05, 0.1) is 12.5 Å². The van der Waals surface area contributed by atoms with Crippen LogP contribution in [0.25, 0.3) is 0 Å². The highest BCUT2D eigenvalue weighted by atomic mass is 16.1. The Hall–Kier alpha value is -1.04. The highest BCUT2D eigenvalue weighted by Gasteiger charge is 2.06. The second kappa shape index (κ2) is 6.47. The van der Waals surface area contributed by atoms with Crippen molar-refractivity contribution < 1.29 is 4.79 Å². The number of carbonyl (C=O) groups is 1. The highest BCUT2D eigenvalue weighted by Crippen LogP contribution is 2.03. The summed E-state index contributed by atoms with van der Waals surface area (Å²) in [5.41, 5.74) is 0. The van der Waals surface area contributed by atoms with Crippen molar-refractivity contribution in [2.24, 2.45) is 5.92 Å². The first kappa shape index (κ1) is 12.0. The lowest BCUT2D eigenvalue weighted by Gasteiger charge is -2.10. The standard InChI is InChI=1S/C10H18N2O/c1-8(2)4-5-10(13)12-9(3)6-7-11/h8-9H,4-6H2,1-3H3,(H,12,13). The molecule has 0 aromatic heterocycles. The van der Waals surface area contributed by atoms with Crippen LogP contribution in [0.5, 0.6) is 0 Å². The molecule has 1 atom stereocenters. The summed E-state index contributed by atoms with van der Waals surface area (Å²) in [6, 6.07) is 2.00. The third kappa shape index (κ3) is 7.32. The molecule has 3 nitrogen and oxygen atoms in total. The zero-order valence-electron chi connectivity index (χ0n) is 8.63. The number of carbonyl (C=O) groups excluding carboxylic acids is 1. The molecule has 0 radical (unpaired) electrons. The Morgan fingerprint density at radius 1 is 1.46 bits per heavy atom. The van der Waals surface area contributed by atoms with Crippen LogP contribution in [0.2, 0.25) is 0 Å². The average molecular weight is 182 g/mol. The van der Waals surface area contributed by atoms with Crippen molar-refractivity contribution in [1.29, 1.82) is 5.26 Å². The lowest BCUT2D eigenvalue weighted by Crippen LogP contribution is -2.32. The van der Waals surface area contributed by atoms with Crippen molar-refractivity contribution in [3.05, 3.63) is 0 Å². The van der Waals surface area contributed by atoms with Crippen molar-refractivity contribution in [2.75, 3.05) is 0 Å². The summed E-state index contributed by atoms with van der Waals surface area (Å²) in [6.07, 6.45) is 1.85. The predicted octanol–water partition coefficient (Wildman–Crippen LogP) is 1.84. The molecule has 0 saturated carbocycles. The molecular formula is C10H18N2O. The molecule has 0 bridgehead atoms. The van der Waals surface area contributed by atoms with E-state index in [-0.39, 0.29) is 11.9 Å². The van der Waals surface area contributed by atoms with Crippen molar-refractivity contribution in [3.63, 3.8) is 0 Å². The maximum absolute atomic E-state index is 11.2. The molecule has 0 aliphatic heterocycles. The first-order valence-electron chi connectivity index (χ1n) is 4.72. The largest absolute Gasteiger partial charge is 0.353 e. The van der Waals surface area contributed by atoms with Crippen LogP contribution in [0.15, 0.2) is 0 Å². The molecule has 0 aromatic rings. The van der Waals surface area contributed by atoms with E-state index in [1.807, 2.05) is 13.0 Å². The number of hydrogen-bond acceptors (Lipinski definition) is 2. The Morgan fingerprint density at radius 3 is 2.54 bits per heavy atom. The number of hydrogen-bond donors (Lipinski definition) is 1. The van der Waals surface area contributed by atoms with Gasteiger partial charge in [-0.25, -0.2) is 0 Å². The summed E-state index contributed by atoms with van der Waals surface area (Å²) in [5, 5.41) is 11.1. The fourth-order valence-corrected chi connectivity index (χ4v) is 0.955. The lowest BCUT2D eigenvalue weighted by molar-refractivity contribution is -0.121. The van der Waals surface area contributed by atoms with Crippen molar-refractivity contribution in [1.82, 2.24) is 5.32 Å². The fourth-order valence-electron chi connectivity index (χ4n) is 0.955. The highest BCUT2D eigenvalue weighted by molar-refractivity contribution is 5.76. The molecule has 0 rings (SSSR count). The second-order valence-corrected chi connectivity index (χ2v) is 3.76. The maximum Gasteiger partial charge on any atom is 0.220 e. The molecule has 0 aromatic carbocycles. The van der Waals surface area contributed by atoms with Crippen LogP contribution in [0.3, 0.4) is 0 Å². The molecule has 0 fully saturated rings. The second-order valence-electron chi connectivity index (χ2n) is 3.76. The van der Waals surface area contributed by atoms with E-state index in [1.54, 1.807) is 0 Å². The molecule has 0 heterocycles. The summed E-state index contributed by atoms with van der Waals surface area (Å²) in [7, 11) is 0. The van der Waals surface area contributed by atoms with E-state index in [0.29, 0.717) is 18.8 Å². The number of nitriles is 1. The van der Waals surface area contributed by atoms with Gasteiger partial charge in [-0.1, -0.05) is 13.8 Å². The van der Waals surface area contributed by atoms with Gasteiger partial charge >= 0.3 is 0 Å². The topological polar surface area (TPSA) is 52.9 Å². The van der Waals surface area contributed by atoms with E-state index in [0.717, 1.165) is 6.42 Å². The molecule has 0 aliphatic rings. The van der Waals surface area contributed by atoms with Gasteiger partial charge in [-0.05, 0) is 19.3 Å². The first-order chi connectivity index (χ1) is 6.06. The number of nitrogens with one attached hydrogen (secondary N) is 1. The summed E-state index contributed by atoms with van der Waals surface area (Å²) >= 11 is 0. The number of nitrogens with zero attached hydrogens (tertiary/aromatic N) is 1. The Morgan fingerprint density at radius 2 is 2.08 bits per heavy atom. The minimum atomic E-state index is -0.0235. The van der Waals surface area contributed by atoms with Crippen molar-refractivity contribution >= 4 is 5.91 Å². The van der Waals surface area contributed by atoms with Gasteiger partial charge in [-0.15, -0.1) is 0 Å². The van der Waals surface area contributed by atoms with Crippen molar-refractivity contribution in [2.45, 2.75) is 46.1 Å². The Bertz CT molecular complexity index is 194. The van der Waals surface area contributed by atoms with E-state index in [4.69, 9.17) is 5.26 Å². The van der Waals surface area contributed by atoms with Crippen LogP contribution < -0.4 is 5.32 Å². The third-order valence-electron chi connectivity index (χ3n) is 1.75. The van der Waals surface area contributed by atoms with E-state index in [9.17, 15) is 4.79 Å². The van der Waals surface area contributed by atoms with E-state index < -0.39 is 0 Å². The molecule has 0 spiro atoms. The quantitative estimate of drug-likeness (QED) is 0.705. The Labute approximate surface area is 80.1 Å². The minimum Gasteiger partial charge on any atom is -0.353 e. The molecule has 1 unspecified atom stereocenters. The Kier molecular flexibility index (Phi) is 5.96. The van der Waals surface area contributed by atoms with Gasteiger partial charge < -0.3 is 5.32 Å². The first-order valence-corrected chi connectivity index (χ1v) is 4.72. The summed E-state index contributed by atoms with van der Waals surface area (Å²) in [6.45, 7) is 6.02. The molecule has 0 aliphatic carbocycles. The van der Waals surface area contributed by atoms with Gasteiger partial charge in [0.1, 0.15) is 0 Å². The number of amides is 1. The average Bonchev–Trinajstić information content (AvgIpc) is 2.01. The van der Waals surface area contributed by atoms with E-state index >= 15 is 0 Å². The number of rotatable bonds is 5. The zero-order chi connectivity index (χ0) is 10.3. The van der Waals surface area contributed by atoms with Crippen LogP contribution >= 0.6 is 0 Å². The molecule has 74 valence electrons. The van der Waals surface area contributed by atoms with Crippen LogP contribution in [-0.2, 0) is 4.79 Å². The molecular weight excluding hydrogens is 164 g/mol. The fraction of sp³-hybridized carbons (Fsp3) is 0.800. The lowest BCUT2D eigenvalue weighted by atomic mass is 10.1. The molecule has 13 heavy (non-hydrogen) atoms. The van der Waals surface area contributed by atoms with Gasteiger partial charge in [0.2, 0.25) is 5.91 Å². The van der Waals surface area contributed by atoms with Crippen LogP contribution in [0.1, 0.15) is 40.0 Å². The van der Waals surface area contributed by atoms with Gasteiger partial charge in [-0.3, -0.25) is 4.79 Å². The van der Waals surface area contributed by atoms with Crippen molar-refractivity contribution in [3.8, 4) is 6.07 Å². The summed E-state index contributed by atoms with van der Waals surface area (Å²) in [5.74, 6) is 0.605. The molecule has 1 N–H and O–H groups in total. The summed E-state index contributed by atoms with van der Waals surface area (Å²) < 4.78 is 0. The normalized spacial score (nSPS) is 12.2. The monoisotopic (exact) mass is 182 g/mol. The Balaban J connectivity index is 3.57. The van der Waals surface area contributed by atoms with E-state index in [2.05, 4.69) is 19.2 Å². The van der Waals surface area contributed by atoms with Crippen LogP contribution in [0, 0.1) is 17.2 Å². The molecule has 3 heteroatoms. The SMILES string of the molecule is CC(C)CCC(=O)NC(C)CC#N. The molecule has 1 amide bonds. The zero-order valence-corrected chi connectivity index (χ0v) is 8.63. The third-order valence-corrected chi connectivity index (χ3v) is 1.75. The predicted molar refractivity (Wildman–Crippen MR) is 51.9 cm³/mol. The van der Waals surface area contributed by atoms with Gasteiger partial charge in [0, 0.05) is 12.5 Å². The van der Waals surface area contributed by atoms with Crippen LogP contribution in [0.4, 0.5) is 0 Å².